The molecule has 26 heavy (non-hydrogen) atoms. The van der Waals surface area contributed by atoms with Crippen molar-refractivity contribution in [2.45, 2.75) is 77.0 Å². The lowest BCUT2D eigenvalue weighted by Crippen LogP contribution is -2.07. The molecule has 0 aliphatic heterocycles. The fourth-order valence-electron chi connectivity index (χ4n) is 2.17. The molecule has 0 unspecified atom stereocenters. The van der Waals surface area contributed by atoms with Crippen molar-refractivity contribution < 1.29 is 38.9 Å². The molecule has 0 saturated heterocycles. The molecule has 0 aromatic carbocycles. The largest absolute Gasteiger partial charge is 0.481 e. The predicted octanol–water partition coefficient (Wildman–Crippen LogP) is 2.92. The standard InChI is InChI=1S/C18H30O8/c19-15(20)9-3-5-11-17(23)25-13-7-1-2-8-14-26-18(24)12-6-4-10-16(21)22/h1-14H2,(H,19,20)(H,21,22). The van der Waals surface area contributed by atoms with Crippen molar-refractivity contribution in [2.75, 3.05) is 13.2 Å². The molecular formula is C18H30O8. The summed E-state index contributed by atoms with van der Waals surface area (Å²) in [5, 5.41) is 16.9. The van der Waals surface area contributed by atoms with Gasteiger partial charge in [-0.2, -0.15) is 0 Å². The van der Waals surface area contributed by atoms with Crippen LogP contribution in [0.3, 0.4) is 0 Å². The van der Waals surface area contributed by atoms with Gasteiger partial charge >= 0.3 is 23.9 Å². The molecule has 0 rings (SSSR count). The second-order valence-electron chi connectivity index (χ2n) is 6.06. The molecule has 0 atom stereocenters. The van der Waals surface area contributed by atoms with E-state index < -0.39 is 11.9 Å². The molecule has 0 bridgehead atoms. The van der Waals surface area contributed by atoms with E-state index in [1.165, 1.54) is 0 Å². The minimum atomic E-state index is -0.859. The molecule has 8 heteroatoms. The zero-order valence-corrected chi connectivity index (χ0v) is 15.2. The smallest absolute Gasteiger partial charge is 0.305 e. The highest BCUT2D eigenvalue weighted by molar-refractivity contribution is 5.70. The number of carbonyl (C=O) groups excluding carboxylic acids is 2. The summed E-state index contributed by atoms with van der Waals surface area (Å²) in [6, 6.07) is 0. The first-order valence-corrected chi connectivity index (χ1v) is 9.16. The summed E-state index contributed by atoms with van der Waals surface area (Å²) >= 11 is 0. The normalized spacial score (nSPS) is 10.3. The number of carboxylic acids is 2. The van der Waals surface area contributed by atoms with Crippen molar-refractivity contribution in [2.24, 2.45) is 0 Å². The average molecular weight is 374 g/mol. The van der Waals surface area contributed by atoms with Crippen LogP contribution < -0.4 is 0 Å². The molecular weight excluding hydrogens is 344 g/mol. The second kappa shape index (κ2) is 16.4. The Morgan fingerprint density at radius 1 is 0.500 bits per heavy atom. The Bertz CT molecular complexity index is 393. The SMILES string of the molecule is O=C(O)CCCCC(=O)OCCCCCCOC(=O)CCCCC(=O)O. The fourth-order valence-corrected chi connectivity index (χ4v) is 2.17. The Morgan fingerprint density at radius 3 is 1.19 bits per heavy atom. The van der Waals surface area contributed by atoms with Crippen molar-refractivity contribution in [3.05, 3.63) is 0 Å². The molecule has 0 radical (unpaired) electrons. The highest BCUT2D eigenvalue weighted by atomic mass is 16.5. The van der Waals surface area contributed by atoms with E-state index in [9.17, 15) is 19.2 Å². The van der Waals surface area contributed by atoms with Crippen LogP contribution in [-0.4, -0.2) is 47.3 Å². The molecule has 0 heterocycles. The van der Waals surface area contributed by atoms with Crippen LogP contribution in [0.1, 0.15) is 77.0 Å². The van der Waals surface area contributed by atoms with E-state index in [1.54, 1.807) is 0 Å². The number of aliphatic carboxylic acids is 2. The first kappa shape index (κ1) is 23.9. The third-order valence-electron chi connectivity index (χ3n) is 3.61. The predicted molar refractivity (Wildman–Crippen MR) is 92.6 cm³/mol. The first-order valence-electron chi connectivity index (χ1n) is 9.16. The molecule has 0 aromatic rings. The van der Waals surface area contributed by atoms with Gasteiger partial charge < -0.3 is 19.7 Å². The molecule has 2 N–H and O–H groups in total. The van der Waals surface area contributed by atoms with Gasteiger partial charge in [-0.25, -0.2) is 0 Å². The lowest BCUT2D eigenvalue weighted by Gasteiger charge is -2.06. The van der Waals surface area contributed by atoms with Crippen LogP contribution in [0.25, 0.3) is 0 Å². The molecule has 150 valence electrons. The summed E-state index contributed by atoms with van der Waals surface area (Å²) in [5.41, 5.74) is 0. The van der Waals surface area contributed by atoms with E-state index in [0.717, 1.165) is 25.7 Å². The number of hydrogen-bond acceptors (Lipinski definition) is 6. The third-order valence-corrected chi connectivity index (χ3v) is 3.61. The number of rotatable bonds is 17. The zero-order valence-electron chi connectivity index (χ0n) is 15.2. The van der Waals surface area contributed by atoms with Crippen LogP contribution in [0.2, 0.25) is 0 Å². The van der Waals surface area contributed by atoms with E-state index in [1.807, 2.05) is 0 Å². The Kier molecular flexibility index (Phi) is 15.0. The number of esters is 2. The van der Waals surface area contributed by atoms with Gasteiger partial charge in [-0.3, -0.25) is 19.2 Å². The van der Waals surface area contributed by atoms with E-state index >= 15 is 0 Å². The topological polar surface area (TPSA) is 127 Å². The molecule has 0 aliphatic carbocycles. The maximum Gasteiger partial charge on any atom is 0.305 e. The van der Waals surface area contributed by atoms with E-state index in [2.05, 4.69) is 0 Å². The minimum absolute atomic E-state index is 0.0696. The van der Waals surface area contributed by atoms with Gasteiger partial charge in [0.05, 0.1) is 13.2 Å². The van der Waals surface area contributed by atoms with Crippen LogP contribution in [-0.2, 0) is 28.7 Å². The van der Waals surface area contributed by atoms with Crippen LogP contribution in [0.15, 0.2) is 0 Å². The van der Waals surface area contributed by atoms with E-state index in [4.69, 9.17) is 19.7 Å². The number of unbranched alkanes of at least 4 members (excludes halogenated alkanes) is 5. The first-order chi connectivity index (χ1) is 12.4. The lowest BCUT2D eigenvalue weighted by atomic mass is 10.2. The Labute approximate surface area is 153 Å². The van der Waals surface area contributed by atoms with Crippen LogP contribution in [0.4, 0.5) is 0 Å². The van der Waals surface area contributed by atoms with Gasteiger partial charge in [0.2, 0.25) is 0 Å². The van der Waals surface area contributed by atoms with Crippen molar-refractivity contribution in [1.29, 1.82) is 0 Å². The van der Waals surface area contributed by atoms with Crippen LogP contribution in [0.5, 0.6) is 0 Å². The van der Waals surface area contributed by atoms with Crippen molar-refractivity contribution >= 4 is 23.9 Å². The summed E-state index contributed by atoms with van der Waals surface area (Å²) in [4.78, 5) is 43.4. The Hall–Kier alpha value is -2.12. The van der Waals surface area contributed by atoms with Gasteiger partial charge in [0.1, 0.15) is 0 Å². The van der Waals surface area contributed by atoms with Gasteiger partial charge in [0, 0.05) is 25.7 Å². The van der Waals surface area contributed by atoms with E-state index in [-0.39, 0.29) is 37.6 Å². The maximum atomic E-state index is 11.4. The van der Waals surface area contributed by atoms with Crippen LogP contribution in [0, 0.1) is 0 Å². The lowest BCUT2D eigenvalue weighted by molar-refractivity contribution is -0.145. The zero-order chi connectivity index (χ0) is 19.6. The molecule has 0 spiro atoms. The highest BCUT2D eigenvalue weighted by Gasteiger charge is 2.05. The molecule has 8 nitrogen and oxygen atoms in total. The van der Waals surface area contributed by atoms with Crippen LogP contribution >= 0.6 is 0 Å². The fraction of sp³-hybridized carbons (Fsp3) is 0.778. The summed E-state index contributed by atoms with van der Waals surface area (Å²) in [7, 11) is 0. The van der Waals surface area contributed by atoms with Gasteiger partial charge in [-0.1, -0.05) is 0 Å². The molecule has 0 saturated carbocycles. The molecule has 0 amide bonds. The van der Waals surface area contributed by atoms with Gasteiger partial charge in [0.25, 0.3) is 0 Å². The Balaban J connectivity index is 3.32. The molecule has 0 aliphatic rings. The average Bonchev–Trinajstić information content (AvgIpc) is 2.57. The monoisotopic (exact) mass is 374 g/mol. The van der Waals surface area contributed by atoms with Gasteiger partial charge in [-0.05, 0) is 51.4 Å². The van der Waals surface area contributed by atoms with E-state index in [0.29, 0.717) is 38.9 Å². The van der Waals surface area contributed by atoms with Gasteiger partial charge in [0.15, 0.2) is 0 Å². The maximum absolute atomic E-state index is 11.4. The third kappa shape index (κ3) is 18.2. The molecule has 0 aromatic heterocycles. The quantitative estimate of drug-likeness (QED) is 0.294. The summed E-state index contributed by atoms with van der Waals surface area (Å²) < 4.78 is 10.1. The number of ether oxygens (including phenoxy) is 2. The summed E-state index contributed by atoms with van der Waals surface area (Å²) in [6.45, 7) is 0.697. The number of hydrogen-bond donors (Lipinski definition) is 2. The van der Waals surface area contributed by atoms with Gasteiger partial charge in [-0.15, -0.1) is 0 Å². The second-order valence-corrected chi connectivity index (χ2v) is 6.06. The van der Waals surface area contributed by atoms with Crippen molar-refractivity contribution in [1.82, 2.24) is 0 Å². The number of carboxylic acid groups (broad SMARTS) is 2. The number of carbonyl (C=O) groups is 4. The summed E-state index contributed by atoms with van der Waals surface area (Å²) in [6.07, 6.45) is 5.83. The van der Waals surface area contributed by atoms with Crippen molar-refractivity contribution in [3.63, 3.8) is 0 Å². The highest BCUT2D eigenvalue weighted by Crippen LogP contribution is 2.05. The Morgan fingerprint density at radius 2 is 0.846 bits per heavy atom. The summed E-state index contributed by atoms with van der Waals surface area (Å²) in [5.74, 6) is -2.32. The van der Waals surface area contributed by atoms with Crippen molar-refractivity contribution in [3.8, 4) is 0 Å². The minimum Gasteiger partial charge on any atom is -0.481 e. The molecule has 0 fully saturated rings.